The normalized spacial score (nSPS) is 17.5. The van der Waals surface area contributed by atoms with Crippen LogP contribution in [0.25, 0.3) is 0 Å². The van der Waals surface area contributed by atoms with Crippen molar-refractivity contribution in [2.75, 3.05) is 6.67 Å². The molecule has 0 saturated carbocycles. The number of hydroxylamine groups is 3. The van der Waals surface area contributed by atoms with E-state index in [1.54, 1.807) is 13.8 Å². The highest BCUT2D eigenvalue weighted by Crippen LogP contribution is 2.41. The highest BCUT2D eigenvalue weighted by molar-refractivity contribution is 5.92. The molecule has 0 radical (unpaired) electrons. The highest BCUT2D eigenvalue weighted by Gasteiger charge is 2.47. The zero-order chi connectivity index (χ0) is 38.9. The van der Waals surface area contributed by atoms with Crippen LogP contribution in [-0.4, -0.2) is 48.5 Å². The summed E-state index contributed by atoms with van der Waals surface area (Å²) >= 11 is 0. The minimum atomic E-state index is -1.39. The van der Waals surface area contributed by atoms with E-state index in [2.05, 4.69) is 0 Å². The second-order valence-electron chi connectivity index (χ2n) is 17.9. The molecule has 278 valence electrons. The molecule has 1 fully saturated rings. The molecule has 1 unspecified atom stereocenters. The van der Waals surface area contributed by atoms with Gasteiger partial charge in [-0.25, -0.2) is 14.5 Å². The summed E-state index contributed by atoms with van der Waals surface area (Å²) in [5.74, 6) is 0.330. The van der Waals surface area contributed by atoms with Gasteiger partial charge in [-0.3, -0.25) is 9.55 Å². The number of hydrogen-bond acceptors (Lipinski definition) is 6. The number of hydrogen-bond donors (Lipinski definition) is 3. The molecule has 9 heteroatoms. The van der Waals surface area contributed by atoms with Crippen LogP contribution in [0.2, 0.25) is 0 Å². The highest BCUT2D eigenvalue weighted by atomic mass is 16.6. The summed E-state index contributed by atoms with van der Waals surface area (Å²) in [6.07, 6.45) is 0. The van der Waals surface area contributed by atoms with Gasteiger partial charge in [0, 0.05) is 11.1 Å². The first-order valence-corrected chi connectivity index (χ1v) is 17.8. The fraction of sp³-hybridized carbons (Fsp3) is 0.524. The maximum atomic E-state index is 15.1. The lowest BCUT2D eigenvalue weighted by molar-refractivity contribution is -0.830. The summed E-state index contributed by atoms with van der Waals surface area (Å²) in [7, 11) is 0. The number of nitrogens with zero attached hydrogens (tertiary/aromatic N) is 3. The number of rotatable bonds is 6. The molecule has 0 aliphatic carbocycles. The van der Waals surface area contributed by atoms with E-state index in [0.29, 0.717) is 33.4 Å². The maximum absolute atomic E-state index is 15.1. The summed E-state index contributed by atoms with van der Waals surface area (Å²) < 4.78 is -1.39. The Morgan fingerprint density at radius 2 is 0.941 bits per heavy atom. The van der Waals surface area contributed by atoms with Crippen LogP contribution in [-0.2, 0) is 35.9 Å². The standard InChI is InChI=1S/C42H59N3O6/c1-23-16-32(40(7,8)9)35(46)26(4)29(23)19-43-22-45(51,21-31-25(3)18-34(42(13,14)15)37(48)28(31)6)39(50)44(38(43)49)20-30-24(2)17-33(41(10,11)12)36(47)27(30)5/h16-18,46-48H,19-22H2,1-15H3. The zero-order valence-electron chi connectivity index (χ0n) is 33.5. The number of benzene rings is 3. The molecule has 3 aromatic carbocycles. The fourth-order valence-corrected chi connectivity index (χ4v) is 7.33. The Hall–Kier alpha value is -4.08. The molecular weight excluding hydrogens is 642 g/mol. The smallest absolute Gasteiger partial charge is 0.429 e. The molecule has 4 amide bonds. The van der Waals surface area contributed by atoms with Crippen molar-refractivity contribution in [3.05, 3.63) is 90.2 Å². The van der Waals surface area contributed by atoms with Gasteiger partial charge in [0.2, 0.25) is 0 Å². The molecule has 1 aliphatic heterocycles. The number of phenolic OH excluding ortho intramolecular Hbond substituents is 3. The molecule has 3 N–H and O–H groups in total. The first-order chi connectivity index (χ1) is 23.1. The molecule has 3 aromatic rings. The first kappa shape index (κ1) is 39.7. The number of aryl methyl sites for hydroxylation is 3. The molecule has 0 aromatic heterocycles. The van der Waals surface area contributed by atoms with Crippen molar-refractivity contribution in [3.8, 4) is 17.2 Å². The molecule has 51 heavy (non-hydrogen) atoms. The Balaban J connectivity index is 1.88. The van der Waals surface area contributed by atoms with Crippen molar-refractivity contribution in [1.29, 1.82) is 0 Å². The van der Waals surface area contributed by atoms with Crippen LogP contribution in [0.5, 0.6) is 17.2 Å². The molecule has 0 bridgehead atoms. The Morgan fingerprint density at radius 1 is 0.608 bits per heavy atom. The minimum absolute atomic E-state index is 0.00114. The second kappa shape index (κ2) is 13.2. The lowest BCUT2D eigenvalue weighted by Gasteiger charge is -2.49. The first-order valence-electron chi connectivity index (χ1n) is 17.8. The number of quaternary nitrogens is 1. The number of urea groups is 2. The van der Waals surface area contributed by atoms with Gasteiger partial charge in [0.05, 0.1) is 13.1 Å². The Morgan fingerprint density at radius 3 is 1.31 bits per heavy atom. The van der Waals surface area contributed by atoms with E-state index in [1.165, 1.54) is 4.90 Å². The van der Waals surface area contributed by atoms with E-state index >= 15 is 5.21 Å². The van der Waals surface area contributed by atoms with Crippen molar-refractivity contribution >= 4 is 12.1 Å². The van der Waals surface area contributed by atoms with Crippen LogP contribution in [0.1, 0.15) is 129 Å². The van der Waals surface area contributed by atoms with Crippen LogP contribution in [0.4, 0.5) is 9.59 Å². The Kier molecular flexibility index (Phi) is 10.2. The predicted molar refractivity (Wildman–Crippen MR) is 203 cm³/mol. The van der Waals surface area contributed by atoms with Gasteiger partial charge in [-0.1, -0.05) is 80.5 Å². The summed E-state index contributed by atoms with van der Waals surface area (Å²) in [4.78, 5) is 31.3. The SMILES string of the molecule is Cc1cc(C(C)(C)C)c(O)c(C)c1CN1C[N+]([O-])(Cc2c(C)cc(C(C)(C)C)c(O)c2C)C(=O)N(Cc2c(C)cc(C(C)(C)C)c(O)c2C)C1=O. The van der Waals surface area contributed by atoms with Crippen LogP contribution in [0.3, 0.4) is 0 Å². The number of phenols is 3. The van der Waals surface area contributed by atoms with Crippen molar-refractivity contribution < 1.29 is 29.6 Å². The lowest BCUT2D eigenvalue weighted by Crippen LogP contribution is -2.67. The van der Waals surface area contributed by atoms with Gasteiger partial charge < -0.3 is 20.5 Å². The van der Waals surface area contributed by atoms with E-state index in [1.807, 2.05) is 108 Å². The number of imide groups is 1. The lowest BCUT2D eigenvalue weighted by atomic mass is 9.82. The number of aromatic hydroxyl groups is 3. The summed E-state index contributed by atoms with van der Waals surface area (Å²) in [5.41, 5.74) is 7.22. The summed E-state index contributed by atoms with van der Waals surface area (Å²) in [5, 5.41) is 48.9. The molecule has 0 spiro atoms. The molecule has 1 aliphatic rings. The Bertz CT molecular complexity index is 1910. The number of amides is 4. The molecule has 9 nitrogen and oxygen atoms in total. The monoisotopic (exact) mass is 701 g/mol. The van der Waals surface area contributed by atoms with E-state index in [4.69, 9.17) is 0 Å². The van der Waals surface area contributed by atoms with E-state index < -0.39 is 23.4 Å². The Labute approximate surface area is 304 Å². The third-order valence-corrected chi connectivity index (χ3v) is 10.7. The van der Waals surface area contributed by atoms with Gasteiger partial charge in [-0.05, 0) is 113 Å². The van der Waals surface area contributed by atoms with Crippen LogP contribution >= 0.6 is 0 Å². The van der Waals surface area contributed by atoms with E-state index in [-0.39, 0.29) is 53.1 Å². The fourth-order valence-electron chi connectivity index (χ4n) is 7.33. The second-order valence-corrected chi connectivity index (χ2v) is 17.9. The number of carbonyl (C=O) groups excluding carboxylic acids is 2. The van der Waals surface area contributed by atoms with Crippen molar-refractivity contribution in [1.82, 2.24) is 9.80 Å². The maximum Gasteiger partial charge on any atom is 0.429 e. The van der Waals surface area contributed by atoms with Crippen molar-refractivity contribution in [2.45, 2.75) is 140 Å². The topological polar surface area (TPSA) is 124 Å². The van der Waals surface area contributed by atoms with Crippen molar-refractivity contribution in [2.24, 2.45) is 0 Å². The van der Waals surface area contributed by atoms with Gasteiger partial charge in [0.15, 0.2) is 6.67 Å². The largest absolute Gasteiger partial charge is 0.622 e. The van der Waals surface area contributed by atoms with Gasteiger partial charge in [0.25, 0.3) is 0 Å². The zero-order valence-corrected chi connectivity index (χ0v) is 33.5. The van der Waals surface area contributed by atoms with Gasteiger partial charge in [0.1, 0.15) is 23.8 Å². The molecule has 1 atom stereocenters. The molecule has 4 rings (SSSR count). The number of carbonyl (C=O) groups is 2. The van der Waals surface area contributed by atoms with Crippen molar-refractivity contribution in [3.63, 3.8) is 0 Å². The molecule has 1 heterocycles. The van der Waals surface area contributed by atoms with Gasteiger partial charge >= 0.3 is 12.1 Å². The van der Waals surface area contributed by atoms with Gasteiger partial charge in [-0.2, -0.15) is 0 Å². The predicted octanol–water partition coefficient (Wildman–Crippen LogP) is 9.58. The van der Waals surface area contributed by atoms with Gasteiger partial charge in [-0.15, -0.1) is 0 Å². The third kappa shape index (κ3) is 7.33. The molecular formula is C42H59N3O6. The van der Waals surface area contributed by atoms with E-state index in [9.17, 15) is 24.9 Å². The van der Waals surface area contributed by atoms with E-state index in [0.717, 1.165) is 38.3 Å². The average molecular weight is 702 g/mol. The summed E-state index contributed by atoms with van der Waals surface area (Å²) in [6, 6.07) is 4.14. The van der Waals surface area contributed by atoms with Crippen LogP contribution in [0, 0.1) is 46.7 Å². The third-order valence-electron chi connectivity index (χ3n) is 10.7. The average Bonchev–Trinajstić information content (AvgIpc) is 2.99. The molecule has 1 saturated heterocycles. The minimum Gasteiger partial charge on any atom is -0.622 e. The van der Waals surface area contributed by atoms with Crippen LogP contribution < -0.4 is 0 Å². The van der Waals surface area contributed by atoms with Crippen LogP contribution in [0.15, 0.2) is 18.2 Å². The quantitative estimate of drug-likeness (QED) is 0.174. The summed E-state index contributed by atoms with van der Waals surface area (Å²) in [6.45, 7) is 28.1.